The molecule has 22 heavy (non-hydrogen) atoms. The molecule has 0 bridgehead atoms. The normalized spacial score (nSPS) is 12.8. The van der Waals surface area contributed by atoms with E-state index >= 15 is 0 Å². The van der Waals surface area contributed by atoms with Crippen molar-refractivity contribution < 1.29 is 4.74 Å². The number of hydrogen-bond acceptors (Lipinski definition) is 2. The lowest BCUT2D eigenvalue weighted by atomic mass is 10.0. The second kappa shape index (κ2) is 7.07. The Morgan fingerprint density at radius 1 is 1.36 bits per heavy atom. The maximum Gasteiger partial charge on any atom is 0.142 e. The van der Waals surface area contributed by atoms with Gasteiger partial charge < -0.3 is 9.30 Å². The van der Waals surface area contributed by atoms with Gasteiger partial charge in [0, 0.05) is 32.5 Å². The fourth-order valence-electron chi connectivity index (χ4n) is 2.37. The minimum absolute atomic E-state index is 0.559. The highest BCUT2D eigenvalue weighted by Crippen LogP contribution is 2.25. The molecule has 4 heteroatoms. The summed E-state index contributed by atoms with van der Waals surface area (Å²) in [6, 6.07) is 5.33. The van der Waals surface area contributed by atoms with Crippen LogP contribution in [-0.4, -0.2) is 24.2 Å². The highest BCUT2D eigenvalue weighted by molar-refractivity contribution is 6.76. The lowest BCUT2D eigenvalue weighted by Gasteiger charge is -2.15. The zero-order valence-electron chi connectivity index (χ0n) is 14.1. The Bertz CT molecular complexity index is 680. The smallest absolute Gasteiger partial charge is 0.142 e. The van der Waals surface area contributed by atoms with Crippen molar-refractivity contribution >= 4 is 24.7 Å². The standard InChI is InChI=1S/C18H26N2OSi/c1-6-15(7-2)16-8-10-19-18-17(16)9-11-20(18)14-21-12-13-22(3,4)5/h6-11H,1,12-14H2,2-5H3/b15-7+. The molecule has 0 aromatic carbocycles. The highest BCUT2D eigenvalue weighted by Gasteiger charge is 2.13. The van der Waals surface area contributed by atoms with Crippen LogP contribution < -0.4 is 0 Å². The van der Waals surface area contributed by atoms with Crippen molar-refractivity contribution in [1.82, 2.24) is 9.55 Å². The van der Waals surface area contributed by atoms with Gasteiger partial charge in [-0.25, -0.2) is 4.98 Å². The summed E-state index contributed by atoms with van der Waals surface area (Å²) in [6.07, 6.45) is 7.86. The van der Waals surface area contributed by atoms with Gasteiger partial charge in [-0.3, -0.25) is 0 Å². The molecule has 0 aliphatic heterocycles. The summed E-state index contributed by atoms with van der Waals surface area (Å²) in [7, 11) is -1.04. The number of allylic oxidation sites excluding steroid dienone is 3. The maximum atomic E-state index is 5.84. The number of rotatable bonds is 7. The molecular weight excluding hydrogens is 288 g/mol. The molecule has 2 aromatic rings. The number of ether oxygens (including phenoxy) is 1. The van der Waals surface area contributed by atoms with E-state index in [4.69, 9.17) is 4.74 Å². The van der Waals surface area contributed by atoms with Crippen LogP contribution in [0.3, 0.4) is 0 Å². The minimum atomic E-state index is -1.04. The van der Waals surface area contributed by atoms with Crippen LogP contribution in [0.25, 0.3) is 16.6 Å². The summed E-state index contributed by atoms with van der Waals surface area (Å²) >= 11 is 0. The van der Waals surface area contributed by atoms with Crippen molar-refractivity contribution in [3.8, 4) is 0 Å². The Balaban J connectivity index is 2.16. The van der Waals surface area contributed by atoms with Gasteiger partial charge in [0.1, 0.15) is 12.4 Å². The molecule has 0 atom stereocenters. The van der Waals surface area contributed by atoms with E-state index in [0.717, 1.165) is 23.2 Å². The molecule has 118 valence electrons. The molecule has 0 spiro atoms. The van der Waals surface area contributed by atoms with Crippen LogP contribution in [0, 0.1) is 0 Å². The summed E-state index contributed by atoms with van der Waals surface area (Å²) in [5.74, 6) is 0. The fraction of sp³-hybridized carbons (Fsp3) is 0.389. The third-order valence-corrected chi connectivity index (χ3v) is 5.44. The minimum Gasteiger partial charge on any atom is -0.361 e. The number of nitrogens with zero attached hydrogens (tertiary/aromatic N) is 2. The van der Waals surface area contributed by atoms with Gasteiger partial charge in [0.05, 0.1) is 0 Å². The first-order chi connectivity index (χ1) is 10.5. The molecule has 0 aliphatic carbocycles. The molecule has 0 saturated heterocycles. The monoisotopic (exact) mass is 314 g/mol. The fourth-order valence-corrected chi connectivity index (χ4v) is 3.13. The summed E-state index contributed by atoms with van der Waals surface area (Å²) in [5, 5.41) is 1.14. The number of hydrogen-bond donors (Lipinski definition) is 0. The quantitative estimate of drug-likeness (QED) is 0.411. The second-order valence-corrected chi connectivity index (χ2v) is 12.3. The van der Waals surface area contributed by atoms with E-state index in [2.05, 4.69) is 47.9 Å². The average molecular weight is 315 g/mol. The molecule has 0 unspecified atom stereocenters. The van der Waals surface area contributed by atoms with E-state index in [-0.39, 0.29) is 0 Å². The zero-order valence-corrected chi connectivity index (χ0v) is 15.1. The van der Waals surface area contributed by atoms with E-state index in [9.17, 15) is 0 Å². The van der Waals surface area contributed by atoms with Crippen LogP contribution in [0.1, 0.15) is 12.5 Å². The predicted molar refractivity (Wildman–Crippen MR) is 97.7 cm³/mol. The topological polar surface area (TPSA) is 27.1 Å². The summed E-state index contributed by atoms with van der Waals surface area (Å²) in [4.78, 5) is 4.51. The van der Waals surface area contributed by atoms with E-state index in [1.165, 1.54) is 11.6 Å². The van der Waals surface area contributed by atoms with Crippen LogP contribution in [0.5, 0.6) is 0 Å². The Morgan fingerprint density at radius 3 is 2.77 bits per heavy atom. The zero-order chi connectivity index (χ0) is 16.2. The third-order valence-electron chi connectivity index (χ3n) is 3.73. The van der Waals surface area contributed by atoms with Gasteiger partial charge in [-0.15, -0.1) is 0 Å². The Kier molecular flexibility index (Phi) is 5.37. The van der Waals surface area contributed by atoms with E-state index in [1.54, 1.807) is 0 Å². The van der Waals surface area contributed by atoms with Crippen molar-refractivity contribution in [1.29, 1.82) is 0 Å². The first-order valence-corrected chi connectivity index (χ1v) is 11.5. The Morgan fingerprint density at radius 2 is 2.14 bits per heavy atom. The van der Waals surface area contributed by atoms with Gasteiger partial charge in [0.25, 0.3) is 0 Å². The SMILES string of the molecule is C=C/C(=C\C)c1ccnc2c1ccn2COCC[Si](C)(C)C. The molecule has 0 fully saturated rings. The number of aromatic nitrogens is 2. The summed E-state index contributed by atoms with van der Waals surface area (Å²) < 4.78 is 7.91. The van der Waals surface area contributed by atoms with Crippen LogP contribution in [-0.2, 0) is 11.5 Å². The lowest BCUT2D eigenvalue weighted by Crippen LogP contribution is -2.22. The van der Waals surface area contributed by atoms with E-state index < -0.39 is 8.07 Å². The van der Waals surface area contributed by atoms with Gasteiger partial charge >= 0.3 is 0 Å². The maximum absolute atomic E-state index is 5.84. The third kappa shape index (κ3) is 3.96. The average Bonchev–Trinajstić information content (AvgIpc) is 2.88. The highest BCUT2D eigenvalue weighted by atomic mass is 28.3. The predicted octanol–water partition coefficient (Wildman–Crippen LogP) is 4.94. The van der Waals surface area contributed by atoms with Gasteiger partial charge in [-0.05, 0) is 36.2 Å². The van der Waals surface area contributed by atoms with E-state index in [1.807, 2.05) is 31.5 Å². The lowest BCUT2D eigenvalue weighted by molar-refractivity contribution is 0.0899. The van der Waals surface area contributed by atoms with Crippen LogP contribution in [0.2, 0.25) is 25.7 Å². The van der Waals surface area contributed by atoms with Crippen LogP contribution in [0.4, 0.5) is 0 Å². The summed E-state index contributed by atoms with van der Waals surface area (Å²) in [6.45, 7) is 14.4. The van der Waals surface area contributed by atoms with Crippen LogP contribution >= 0.6 is 0 Å². The van der Waals surface area contributed by atoms with Gasteiger partial charge in [-0.1, -0.05) is 38.4 Å². The molecule has 2 heterocycles. The molecule has 3 nitrogen and oxygen atoms in total. The molecule has 0 aliphatic rings. The number of pyridine rings is 1. The van der Waals surface area contributed by atoms with E-state index in [0.29, 0.717) is 6.73 Å². The Hall–Kier alpha value is -1.65. The van der Waals surface area contributed by atoms with Crippen molar-refractivity contribution in [3.63, 3.8) is 0 Å². The second-order valence-electron chi connectivity index (χ2n) is 6.68. The summed E-state index contributed by atoms with van der Waals surface area (Å²) in [5.41, 5.74) is 3.26. The van der Waals surface area contributed by atoms with Crippen molar-refractivity contribution in [2.24, 2.45) is 0 Å². The molecular formula is C18H26N2OSi. The Labute approximate surface area is 134 Å². The first kappa shape index (κ1) is 16.7. The molecule has 2 aromatic heterocycles. The molecule has 2 rings (SSSR count). The number of fused-ring (bicyclic) bond motifs is 1. The first-order valence-electron chi connectivity index (χ1n) is 7.77. The van der Waals surface area contributed by atoms with Gasteiger partial charge in [0.2, 0.25) is 0 Å². The molecule has 0 amide bonds. The molecule has 0 radical (unpaired) electrons. The molecule has 0 N–H and O–H groups in total. The van der Waals surface area contributed by atoms with Crippen LogP contribution in [0.15, 0.2) is 43.3 Å². The molecule has 0 saturated carbocycles. The van der Waals surface area contributed by atoms with Gasteiger partial charge in [-0.2, -0.15) is 0 Å². The van der Waals surface area contributed by atoms with Gasteiger partial charge in [0.15, 0.2) is 0 Å². The van der Waals surface area contributed by atoms with Crippen molar-refractivity contribution in [3.05, 3.63) is 48.8 Å². The largest absolute Gasteiger partial charge is 0.361 e. The van der Waals surface area contributed by atoms with Crippen molar-refractivity contribution in [2.45, 2.75) is 39.3 Å². The van der Waals surface area contributed by atoms with Crippen molar-refractivity contribution in [2.75, 3.05) is 6.61 Å².